The average Bonchev–Trinajstić information content (AvgIpc) is 2.44. The van der Waals surface area contributed by atoms with Crippen LogP contribution in [0.5, 0.6) is 0 Å². The Morgan fingerprint density at radius 1 is 1.26 bits per heavy atom. The number of nitro benzene ring substituents is 1. The molecule has 3 N–H and O–H groups in total. The molecule has 9 heteroatoms. The molecule has 0 spiro atoms. The number of carbonyl (C=O) groups is 3. The molecule has 0 aromatic heterocycles. The van der Waals surface area contributed by atoms with Crippen LogP contribution in [0.2, 0.25) is 0 Å². The van der Waals surface area contributed by atoms with Crippen molar-refractivity contribution in [1.82, 2.24) is 4.90 Å². The molecule has 124 valence electrons. The van der Waals surface area contributed by atoms with Gasteiger partial charge in [0.2, 0.25) is 5.91 Å². The molecule has 0 aliphatic heterocycles. The van der Waals surface area contributed by atoms with E-state index in [1.165, 1.54) is 0 Å². The van der Waals surface area contributed by atoms with Crippen LogP contribution in [0.4, 0.5) is 5.69 Å². The first-order chi connectivity index (χ1) is 10.6. The molecule has 0 saturated carbocycles. The smallest absolute Gasteiger partial charge is 0.335 e. The fraction of sp³-hybridized carbons (Fsp3) is 0.357. The molecule has 9 nitrogen and oxygen atoms in total. The van der Waals surface area contributed by atoms with Crippen molar-refractivity contribution in [3.63, 3.8) is 0 Å². The zero-order chi connectivity index (χ0) is 17.7. The van der Waals surface area contributed by atoms with Gasteiger partial charge in [0.25, 0.3) is 11.6 Å². The number of carboxylic acid groups (broad SMARTS) is 1. The van der Waals surface area contributed by atoms with E-state index in [4.69, 9.17) is 10.8 Å². The summed E-state index contributed by atoms with van der Waals surface area (Å²) in [6.45, 7) is 3.48. The Labute approximate surface area is 131 Å². The first-order valence-corrected chi connectivity index (χ1v) is 6.72. The fourth-order valence-electron chi connectivity index (χ4n) is 1.99. The van der Waals surface area contributed by atoms with Crippen LogP contribution in [0.1, 0.15) is 34.6 Å². The molecule has 2 amide bonds. The zero-order valence-electron chi connectivity index (χ0n) is 12.7. The number of hydrogen-bond donors (Lipinski definition) is 2. The third-order valence-electron chi connectivity index (χ3n) is 2.84. The van der Waals surface area contributed by atoms with Gasteiger partial charge in [-0.3, -0.25) is 19.7 Å². The van der Waals surface area contributed by atoms with Crippen molar-refractivity contribution in [3.8, 4) is 0 Å². The van der Waals surface area contributed by atoms with Crippen molar-refractivity contribution in [2.75, 3.05) is 13.1 Å². The Morgan fingerprint density at radius 2 is 1.83 bits per heavy atom. The van der Waals surface area contributed by atoms with Crippen LogP contribution >= 0.6 is 0 Å². The second-order valence-electron chi connectivity index (χ2n) is 5.38. The molecule has 0 aliphatic carbocycles. The quantitative estimate of drug-likeness (QED) is 0.563. The van der Waals surface area contributed by atoms with Crippen LogP contribution in [-0.4, -0.2) is 45.8 Å². The summed E-state index contributed by atoms with van der Waals surface area (Å²) in [5, 5.41) is 19.9. The Kier molecular flexibility index (Phi) is 5.77. The largest absolute Gasteiger partial charge is 0.478 e. The molecule has 1 aromatic rings. The summed E-state index contributed by atoms with van der Waals surface area (Å²) in [6, 6.07) is 2.87. The van der Waals surface area contributed by atoms with Gasteiger partial charge in [0.05, 0.1) is 17.0 Å². The monoisotopic (exact) mass is 323 g/mol. The minimum absolute atomic E-state index is 0.0240. The molecule has 0 radical (unpaired) electrons. The first kappa shape index (κ1) is 18.1. The number of nitro groups is 1. The van der Waals surface area contributed by atoms with Crippen LogP contribution in [0, 0.1) is 16.0 Å². The number of hydrogen-bond acceptors (Lipinski definition) is 5. The van der Waals surface area contributed by atoms with E-state index in [1.807, 2.05) is 13.8 Å². The molecular weight excluding hydrogens is 306 g/mol. The lowest BCUT2D eigenvalue weighted by Gasteiger charge is -2.23. The van der Waals surface area contributed by atoms with Crippen LogP contribution in [0.25, 0.3) is 0 Å². The number of amides is 2. The number of non-ortho nitro benzene ring substituents is 1. The van der Waals surface area contributed by atoms with Gasteiger partial charge in [-0.2, -0.15) is 0 Å². The topological polar surface area (TPSA) is 144 Å². The molecule has 0 fully saturated rings. The molecule has 0 heterocycles. The summed E-state index contributed by atoms with van der Waals surface area (Å²) in [5.41, 5.74) is 4.02. The summed E-state index contributed by atoms with van der Waals surface area (Å²) in [5.74, 6) is -2.80. The standard InChI is InChI=1S/C14H17N3O6/c1-8(2)6-16(7-12(15)18)13(19)9-3-10(14(20)21)5-11(4-9)17(22)23/h3-5,8H,6-7H2,1-2H3,(H2,15,18)(H,20,21). The molecule has 1 aromatic carbocycles. The van der Waals surface area contributed by atoms with Gasteiger partial charge in [-0.05, 0) is 12.0 Å². The number of nitrogens with two attached hydrogens (primary N) is 1. The van der Waals surface area contributed by atoms with E-state index in [0.717, 1.165) is 23.1 Å². The highest BCUT2D eigenvalue weighted by Crippen LogP contribution is 2.19. The highest BCUT2D eigenvalue weighted by Gasteiger charge is 2.23. The molecule has 0 unspecified atom stereocenters. The lowest BCUT2D eigenvalue weighted by molar-refractivity contribution is -0.384. The lowest BCUT2D eigenvalue weighted by Crippen LogP contribution is -2.40. The van der Waals surface area contributed by atoms with E-state index in [-0.39, 0.29) is 30.1 Å². The summed E-state index contributed by atoms with van der Waals surface area (Å²) < 4.78 is 0. The first-order valence-electron chi connectivity index (χ1n) is 6.72. The highest BCUT2D eigenvalue weighted by molar-refractivity contribution is 5.99. The number of aromatic carboxylic acids is 1. The molecule has 0 aliphatic rings. The fourth-order valence-corrected chi connectivity index (χ4v) is 1.99. The number of carbonyl (C=O) groups excluding carboxylic acids is 2. The predicted octanol–water partition coefficient (Wildman–Crippen LogP) is 0.876. The van der Waals surface area contributed by atoms with Gasteiger partial charge in [-0.25, -0.2) is 4.79 Å². The summed E-state index contributed by atoms with van der Waals surface area (Å²) in [4.78, 5) is 45.9. The van der Waals surface area contributed by atoms with Crippen LogP contribution in [-0.2, 0) is 4.79 Å². The summed E-state index contributed by atoms with van der Waals surface area (Å²) in [7, 11) is 0. The Hall–Kier alpha value is -2.97. The van der Waals surface area contributed by atoms with Crippen molar-refractivity contribution >= 4 is 23.5 Å². The van der Waals surface area contributed by atoms with Crippen molar-refractivity contribution < 1.29 is 24.4 Å². The van der Waals surface area contributed by atoms with E-state index in [2.05, 4.69) is 0 Å². The summed E-state index contributed by atoms with van der Waals surface area (Å²) in [6.07, 6.45) is 0. The normalized spacial score (nSPS) is 10.4. The van der Waals surface area contributed by atoms with Gasteiger partial charge >= 0.3 is 5.97 Å². The van der Waals surface area contributed by atoms with Crippen molar-refractivity contribution in [2.24, 2.45) is 11.7 Å². The van der Waals surface area contributed by atoms with Gasteiger partial charge in [-0.1, -0.05) is 13.8 Å². The van der Waals surface area contributed by atoms with E-state index in [1.54, 1.807) is 0 Å². The molecular formula is C14H17N3O6. The average molecular weight is 323 g/mol. The second kappa shape index (κ2) is 7.34. The van der Waals surface area contributed by atoms with Crippen molar-refractivity contribution in [1.29, 1.82) is 0 Å². The number of nitrogens with zero attached hydrogens (tertiary/aromatic N) is 2. The zero-order valence-corrected chi connectivity index (χ0v) is 12.7. The predicted molar refractivity (Wildman–Crippen MR) is 80.0 cm³/mol. The number of rotatable bonds is 7. The maximum atomic E-state index is 12.5. The van der Waals surface area contributed by atoms with Crippen molar-refractivity contribution in [3.05, 3.63) is 39.4 Å². The molecule has 0 saturated heterocycles. The number of carboxylic acids is 1. The minimum Gasteiger partial charge on any atom is -0.478 e. The SMILES string of the molecule is CC(C)CN(CC(N)=O)C(=O)c1cc(C(=O)O)cc([N+](=O)[O-])c1. The third kappa shape index (κ3) is 5.06. The van der Waals surface area contributed by atoms with Crippen molar-refractivity contribution in [2.45, 2.75) is 13.8 Å². The third-order valence-corrected chi connectivity index (χ3v) is 2.84. The lowest BCUT2D eigenvalue weighted by atomic mass is 10.1. The summed E-state index contributed by atoms with van der Waals surface area (Å²) >= 11 is 0. The van der Waals surface area contributed by atoms with Gasteiger partial charge < -0.3 is 15.7 Å². The Bertz CT molecular complexity index is 624. The Morgan fingerprint density at radius 3 is 2.26 bits per heavy atom. The molecule has 1 rings (SSSR count). The van der Waals surface area contributed by atoms with Gasteiger partial charge in [0.1, 0.15) is 0 Å². The van der Waals surface area contributed by atoms with E-state index < -0.39 is 28.4 Å². The van der Waals surface area contributed by atoms with Gasteiger partial charge in [-0.15, -0.1) is 0 Å². The van der Waals surface area contributed by atoms with E-state index in [9.17, 15) is 24.5 Å². The Balaban J connectivity index is 3.29. The highest BCUT2D eigenvalue weighted by atomic mass is 16.6. The van der Waals surface area contributed by atoms with Crippen LogP contribution in [0.3, 0.4) is 0 Å². The number of benzene rings is 1. The molecule has 23 heavy (non-hydrogen) atoms. The van der Waals surface area contributed by atoms with E-state index >= 15 is 0 Å². The van der Waals surface area contributed by atoms with Gasteiger partial charge in [0, 0.05) is 24.2 Å². The van der Waals surface area contributed by atoms with Crippen LogP contribution in [0.15, 0.2) is 18.2 Å². The number of primary amides is 1. The van der Waals surface area contributed by atoms with Crippen LogP contribution < -0.4 is 5.73 Å². The maximum Gasteiger partial charge on any atom is 0.335 e. The maximum absolute atomic E-state index is 12.5. The van der Waals surface area contributed by atoms with Gasteiger partial charge in [0.15, 0.2) is 0 Å². The molecule has 0 atom stereocenters. The minimum atomic E-state index is -1.40. The second-order valence-corrected chi connectivity index (χ2v) is 5.38. The van der Waals surface area contributed by atoms with E-state index in [0.29, 0.717) is 0 Å². The molecule has 0 bridgehead atoms.